The largest absolute Gasteiger partial charge is 0.417 e. The Bertz CT molecular complexity index is 1020. The molecule has 32 heavy (non-hydrogen) atoms. The van der Waals surface area contributed by atoms with Crippen LogP contribution in [-0.4, -0.2) is 12.1 Å². The number of nitrogens with two attached hydrogens (primary N) is 1. The third kappa shape index (κ3) is 6.74. The zero-order valence-corrected chi connectivity index (χ0v) is 17.3. The molecule has 0 spiro atoms. The summed E-state index contributed by atoms with van der Waals surface area (Å²) in [5.41, 5.74) is 7.63. The number of anilines is 3. The summed E-state index contributed by atoms with van der Waals surface area (Å²) in [7, 11) is 0. The van der Waals surface area contributed by atoms with Crippen molar-refractivity contribution in [3.05, 3.63) is 121 Å². The molecule has 0 saturated carbocycles. The average Bonchev–Trinajstić information content (AvgIpc) is 2.82. The highest BCUT2D eigenvalue weighted by molar-refractivity contribution is 5.98. The van der Waals surface area contributed by atoms with Crippen LogP contribution < -0.4 is 20.7 Å². The number of rotatable bonds is 4. The molecule has 0 atom stereocenters. The van der Waals surface area contributed by atoms with Crippen molar-refractivity contribution in [2.45, 2.75) is 0 Å². The van der Waals surface area contributed by atoms with Gasteiger partial charge in [-0.15, -0.1) is 0 Å². The van der Waals surface area contributed by atoms with E-state index in [1.54, 1.807) is 24.3 Å². The van der Waals surface area contributed by atoms with E-state index in [2.05, 4.69) is 5.32 Å². The van der Waals surface area contributed by atoms with Crippen LogP contribution in [0, 0.1) is 0 Å². The van der Waals surface area contributed by atoms with E-state index < -0.39 is 12.1 Å². The number of ether oxygens (including phenoxy) is 1. The Labute approximate surface area is 186 Å². The average molecular weight is 425 g/mol. The fraction of sp³-hybridized carbons (Fsp3) is 0. The molecule has 0 aromatic heterocycles. The summed E-state index contributed by atoms with van der Waals surface area (Å²) in [5.74, 6) is 0.524. The smallest absolute Gasteiger partial charge is 0.410 e. The van der Waals surface area contributed by atoms with Crippen LogP contribution in [-0.2, 0) is 0 Å². The minimum atomic E-state index is -0.489. The molecule has 4 aromatic rings. The number of nitrogens with zero attached hydrogens (tertiary/aromatic N) is 1. The van der Waals surface area contributed by atoms with E-state index in [0.29, 0.717) is 11.4 Å². The maximum atomic E-state index is 11.4. The van der Waals surface area contributed by atoms with Gasteiger partial charge in [-0.05, 0) is 48.5 Å². The van der Waals surface area contributed by atoms with Crippen molar-refractivity contribution < 1.29 is 14.3 Å². The predicted molar refractivity (Wildman–Crippen MR) is 127 cm³/mol. The highest BCUT2D eigenvalue weighted by Crippen LogP contribution is 2.24. The first-order valence-corrected chi connectivity index (χ1v) is 9.92. The van der Waals surface area contributed by atoms with Crippen molar-refractivity contribution in [3.8, 4) is 5.75 Å². The maximum Gasteiger partial charge on any atom is 0.417 e. The van der Waals surface area contributed by atoms with Gasteiger partial charge in [-0.2, -0.15) is 0 Å². The monoisotopic (exact) mass is 425 g/mol. The summed E-state index contributed by atoms with van der Waals surface area (Å²) in [4.78, 5) is 24.4. The molecule has 0 heterocycles. The SMILES string of the molecule is NC(=O)N(c1ccccc1)c1ccccc1.O=C(Nc1ccccc1)Oc1ccccc1. The molecule has 0 bridgehead atoms. The number of primary amides is 1. The molecular weight excluding hydrogens is 402 g/mol. The van der Waals surface area contributed by atoms with Crippen molar-refractivity contribution in [2.75, 3.05) is 10.2 Å². The molecule has 0 saturated heterocycles. The van der Waals surface area contributed by atoms with Crippen LogP contribution in [0.4, 0.5) is 26.7 Å². The Morgan fingerprint density at radius 2 is 1.03 bits per heavy atom. The third-order valence-electron chi connectivity index (χ3n) is 4.22. The summed E-state index contributed by atoms with van der Waals surface area (Å²) in [5, 5.41) is 2.63. The molecule has 4 aromatic carbocycles. The number of carbonyl (C=O) groups excluding carboxylic acids is 2. The Morgan fingerprint density at radius 1 is 0.625 bits per heavy atom. The standard InChI is InChI=1S/C13H12N2O.C13H11NO2/c14-13(16)15(11-7-3-1-4-8-11)12-9-5-2-6-10-12;15-13(14-11-7-3-1-4-8-11)16-12-9-5-2-6-10-12/h1-10H,(H2,14,16);1-10H,(H,14,15). The Hall–Kier alpha value is -4.58. The minimum Gasteiger partial charge on any atom is -0.410 e. The molecule has 160 valence electrons. The first kappa shape index (κ1) is 22.1. The van der Waals surface area contributed by atoms with Crippen LogP contribution in [0.2, 0.25) is 0 Å². The second-order valence-electron chi connectivity index (χ2n) is 6.54. The zero-order chi connectivity index (χ0) is 22.6. The van der Waals surface area contributed by atoms with Gasteiger partial charge in [0.05, 0.1) is 11.4 Å². The molecular formula is C26H23N3O3. The molecule has 0 aliphatic rings. The summed E-state index contributed by atoms with van der Waals surface area (Å²) < 4.78 is 5.07. The van der Waals surface area contributed by atoms with Gasteiger partial charge in [-0.1, -0.05) is 72.8 Å². The molecule has 0 fully saturated rings. The Kier molecular flexibility index (Phi) is 7.99. The minimum absolute atomic E-state index is 0.489. The van der Waals surface area contributed by atoms with Crippen LogP contribution in [0.1, 0.15) is 0 Å². The summed E-state index contributed by atoms with van der Waals surface area (Å²) in [6, 6.07) is 36.3. The molecule has 0 aliphatic carbocycles. The number of carbonyl (C=O) groups is 2. The lowest BCUT2D eigenvalue weighted by Crippen LogP contribution is -2.31. The van der Waals surface area contributed by atoms with Crippen molar-refractivity contribution in [1.82, 2.24) is 0 Å². The molecule has 6 nitrogen and oxygen atoms in total. The zero-order valence-electron chi connectivity index (χ0n) is 17.3. The van der Waals surface area contributed by atoms with Crippen molar-refractivity contribution >= 4 is 29.2 Å². The highest BCUT2D eigenvalue weighted by atomic mass is 16.6. The van der Waals surface area contributed by atoms with Crippen LogP contribution in [0.3, 0.4) is 0 Å². The number of urea groups is 1. The van der Waals surface area contributed by atoms with Gasteiger partial charge >= 0.3 is 12.1 Å². The van der Waals surface area contributed by atoms with E-state index in [0.717, 1.165) is 11.4 Å². The lowest BCUT2D eigenvalue weighted by molar-refractivity contribution is 0.215. The Balaban J connectivity index is 0.000000181. The number of nitrogens with one attached hydrogen (secondary N) is 1. The predicted octanol–water partition coefficient (Wildman–Crippen LogP) is 6.20. The van der Waals surface area contributed by atoms with Gasteiger partial charge in [-0.3, -0.25) is 10.2 Å². The number of benzene rings is 4. The molecule has 3 N–H and O–H groups in total. The number of para-hydroxylation sites is 4. The van der Waals surface area contributed by atoms with Gasteiger partial charge in [0.2, 0.25) is 0 Å². The van der Waals surface area contributed by atoms with Gasteiger partial charge in [0, 0.05) is 5.69 Å². The van der Waals surface area contributed by atoms with Crippen molar-refractivity contribution in [2.24, 2.45) is 5.73 Å². The molecule has 0 radical (unpaired) electrons. The number of hydrogen-bond acceptors (Lipinski definition) is 3. The molecule has 0 aliphatic heterocycles. The van der Waals surface area contributed by atoms with E-state index >= 15 is 0 Å². The van der Waals surface area contributed by atoms with Crippen LogP contribution in [0.25, 0.3) is 0 Å². The summed E-state index contributed by atoms with van der Waals surface area (Å²) >= 11 is 0. The molecule has 0 unspecified atom stereocenters. The first-order valence-electron chi connectivity index (χ1n) is 9.92. The van der Waals surface area contributed by atoms with Gasteiger partial charge in [0.15, 0.2) is 0 Å². The van der Waals surface area contributed by atoms with E-state index in [1.807, 2.05) is 97.1 Å². The summed E-state index contributed by atoms with van der Waals surface area (Å²) in [6.45, 7) is 0. The molecule has 3 amide bonds. The van der Waals surface area contributed by atoms with Crippen molar-refractivity contribution in [3.63, 3.8) is 0 Å². The van der Waals surface area contributed by atoms with Gasteiger partial charge in [-0.25, -0.2) is 9.59 Å². The number of amides is 3. The summed E-state index contributed by atoms with van der Waals surface area (Å²) in [6.07, 6.45) is -0.489. The fourth-order valence-electron chi connectivity index (χ4n) is 2.82. The molecule has 6 heteroatoms. The van der Waals surface area contributed by atoms with E-state index in [9.17, 15) is 9.59 Å². The number of hydrogen-bond donors (Lipinski definition) is 2. The van der Waals surface area contributed by atoms with E-state index in [1.165, 1.54) is 4.90 Å². The molecule has 4 rings (SSSR count). The lowest BCUT2D eigenvalue weighted by atomic mass is 10.2. The fourth-order valence-corrected chi connectivity index (χ4v) is 2.82. The van der Waals surface area contributed by atoms with Crippen molar-refractivity contribution in [1.29, 1.82) is 0 Å². The van der Waals surface area contributed by atoms with E-state index in [-0.39, 0.29) is 0 Å². The second kappa shape index (κ2) is 11.6. The second-order valence-corrected chi connectivity index (χ2v) is 6.54. The maximum absolute atomic E-state index is 11.4. The quantitative estimate of drug-likeness (QED) is 0.408. The van der Waals surface area contributed by atoms with Crippen LogP contribution in [0.15, 0.2) is 121 Å². The Morgan fingerprint density at radius 3 is 1.47 bits per heavy atom. The topological polar surface area (TPSA) is 84.7 Å². The van der Waals surface area contributed by atoms with Crippen LogP contribution in [0.5, 0.6) is 5.75 Å². The van der Waals surface area contributed by atoms with Gasteiger partial charge in [0.25, 0.3) is 0 Å². The van der Waals surface area contributed by atoms with Gasteiger partial charge < -0.3 is 10.5 Å². The van der Waals surface area contributed by atoms with Gasteiger partial charge in [0.1, 0.15) is 5.75 Å². The lowest BCUT2D eigenvalue weighted by Gasteiger charge is -2.20. The van der Waals surface area contributed by atoms with E-state index in [4.69, 9.17) is 10.5 Å². The normalized spacial score (nSPS) is 9.62. The first-order chi connectivity index (χ1) is 15.6. The highest BCUT2D eigenvalue weighted by Gasteiger charge is 2.13. The van der Waals surface area contributed by atoms with Crippen LogP contribution >= 0.6 is 0 Å². The third-order valence-corrected chi connectivity index (χ3v) is 4.22.